The third-order valence-corrected chi connectivity index (χ3v) is 3.23. The zero-order chi connectivity index (χ0) is 8.72. The average molecular weight is 196 g/mol. The van der Waals surface area contributed by atoms with E-state index in [2.05, 4.69) is 12.6 Å². The zero-order valence-electron chi connectivity index (χ0n) is 6.53. The summed E-state index contributed by atoms with van der Waals surface area (Å²) in [4.78, 5) is 2.12. The number of phenolic OH excluding ortho intramolecular Hbond substituents is 1. The highest BCUT2D eigenvalue weighted by molar-refractivity contribution is 7.80. The molecule has 2 rings (SSSR count). The van der Waals surface area contributed by atoms with E-state index in [-0.39, 0.29) is 0 Å². The second kappa shape index (κ2) is 2.68. The quantitative estimate of drug-likeness (QED) is 0.620. The van der Waals surface area contributed by atoms with Crippen LogP contribution in [-0.2, 0) is 0 Å². The monoisotopic (exact) mass is 196 g/mol. The first-order valence-electron chi connectivity index (χ1n) is 3.59. The summed E-state index contributed by atoms with van der Waals surface area (Å²) >= 11 is 5.90. The lowest BCUT2D eigenvalue weighted by Gasteiger charge is -1.95. The van der Waals surface area contributed by atoms with Crippen molar-refractivity contribution < 1.29 is 5.11 Å². The van der Waals surface area contributed by atoms with E-state index in [0.29, 0.717) is 5.75 Å². The summed E-state index contributed by atoms with van der Waals surface area (Å²) in [5.41, 5.74) is 0. The SMILES string of the molecule is Cc1cc2c(S)ccc(O)c2s1. The Labute approximate surface area is 80.1 Å². The van der Waals surface area contributed by atoms with Gasteiger partial charge in [-0.05, 0) is 25.1 Å². The van der Waals surface area contributed by atoms with E-state index >= 15 is 0 Å². The van der Waals surface area contributed by atoms with E-state index in [1.165, 1.54) is 4.88 Å². The fourth-order valence-corrected chi connectivity index (χ4v) is 2.49. The summed E-state index contributed by atoms with van der Waals surface area (Å²) in [6, 6.07) is 5.54. The molecule has 2 aromatic rings. The lowest BCUT2D eigenvalue weighted by atomic mass is 10.2. The number of aryl methyl sites for hydroxylation is 1. The molecule has 0 fully saturated rings. The molecule has 0 bridgehead atoms. The van der Waals surface area contributed by atoms with Gasteiger partial charge in [-0.3, -0.25) is 0 Å². The first-order valence-corrected chi connectivity index (χ1v) is 4.86. The normalized spacial score (nSPS) is 10.8. The number of hydrogen-bond donors (Lipinski definition) is 2. The Morgan fingerprint density at radius 1 is 1.42 bits per heavy atom. The molecule has 0 spiro atoms. The lowest BCUT2D eigenvalue weighted by molar-refractivity contribution is 0.482. The second-order valence-electron chi connectivity index (χ2n) is 2.70. The molecule has 0 aliphatic heterocycles. The van der Waals surface area contributed by atoms with Crippen LogP contribution in [0.15, 0.2) is 23.1 Å². The maximum atomic E-state index is 9.49. The molecule has 12 heavy (non-hydrogen) atoms. The summed E-state index contributed by atoms with van der Waals surface area (Å²) in [6.45, 7) is 2.03. The van der Waals surface area contributed by atoms with Crippen molar-refractivity contribution in [3.05, 3.63) is 23.1 Å². The van der Waals surface area contributed by atoms with Crippen molar-refractivity contribution in [2.24, 2.45) is 0 Å². The molecule has 0 saturated heterocycles. The van der Waals surface area contributed by atoms with Crippen LogP contribution < -0.4 is 0 Å². The van der Waals surface area contributed by atoms with Gasteiger partial charge in [0.2, 0.25) is 0 Å². The van der Waals surface area contributed by atoms with E-state index in [0.717, 1.165) is 15.0 Å². The molecule has 1 N–H and O–H groups in total. The summed E-state index contributed by atoms with van der Waals surface area (Å²) in [5.74, 6) is 0.348. The van der Waals surface area contributed by atoms with Crippen LogP contribution >= 0.6 is 24.0 Å². The van der Waals surface area contributed by atoms with Crippen molar-refractivity contribution in [1.29, 1.82) is 0 Å². The minimum atomic E-state index is 0.348. The summed E-state index contributed by atoms with van der Waals surface area (Å²) < 4.78 is 0.931. The number of hydrogen-bond acceptors (Lipinski definition) is 3. The minimum Gasteiger partial charge on any atom is -0.506 e. The number of fused-ring (bicyclic) bond motifs is 1. The maximum Gasteiger partial charge on any atom is 0.133 e. The molecule has 0 saturated carbocycles. The van der Waals surface area contributed by atoms with Crippen LogP contribution in [0.2, 0.25) is 0 Å². The minimum absolute atomic E-state index is 0.348. The highest BCUT2D eigenvalue weighted by Gasteiger charge is 2.05. The van der Waals surface area contributed by atoms with Crippen molar-refractivity contribution in [3.8, 4) is 5.75 Å². The van der Waals surface area contributed by atoms with Crippen LogP contribution in [0, 0.1) is 6.92 Å². The van der Waals surface area contributed by atoms with Crippen molar-refractivity contribution in [1.82, 2.24) is 0 Å². The predicted octanol–water partition coefficient (Wildman–Crippen LogP) is 3.20. The summed E-state index contributed by atoms with van der Waals surface area (Å²) in [7, 11) is 0. The number of thiol groups is 1. The van der Waals surface area contributed by atoms with Crippen LogP contribution in [0.5, 0.6) is 5.75 Å². The Bertz CT molecular complexity index is 392. The van der Waals surface area contributed by atoms with E-state index in [1.54, 1.807) is 17.4 Å². The number of rotatable bonds is 0. The van der Waals surface area contributed by atoms with Gasteiger partial charge >= 0.3 is 0 Å². The van der Waals surface area contributed by atoms with Gasteiger partial charge in [0, 0.05) is 15.2 Å². The van der Waals surface area contributed by atoms with Gasteiger partial charge in [0.05, 0.1) is 4.70 Å². The molecule has 0 amide bonds. The first kappa shape index (κ1) is 7.95. The lowest BCUT2D eigenvalue weighted by Crippen LogP contribution is -1.68. The van der Waals surface area contributed by atoms with Gasteiger partial charge in [0.25, 0.3) is 0 Å². The third kappa shape index (κ3) is 1.09. The molecule has 1 aromatic carbocycles. The highest BCUT2D eigenvalue weighted by atomic mass is 32.1. The van der Waals surface area contributed by atoms with Crippen LogP contribution in [0.3, 0.4) is 0 Å². The average Bonchev–Trinajstić information content (AvgIpc) is 2.41. The predicted molar refractivity (Wildman–Crippen MR) is 55.5 cm³/mol. The Kier molecular flexibility index (Phi) is 1.77. The van der Waals surface area contributed by atoms with Crippen LogP contribution in [-0.4, -0.2) is 5.11 Å². The molecule has 1 heterocycles. The van der Waals surface area contributed by atoms with Gasteiger partial charge in [-0.25, -0.2) is 0 Å². The third-order valence-electron chi connectivity index (χ3n) is 1.76. The molecular weight excluding hydrogens is 188 g/mol. The van der Waals surface area contributed by atoms with Crippen LogP contribution in [0.1, 0.15) is 4.88 Å². The molecule has 0 atom stereocenters. The number of benzene rings is 1. The Balaban J connectivity index is 2.93. The summed E-state index contributed by atoms with van der Waals surface area (Å²) in [5, 5.41) is 10.5. The number of phenols is 1. The topological polar surface area (TPSA) is 20.2 Å². The standard InChI is InChI=1S/C9H8OS2/c1-5-4-6-8(11)3-2-7(10)9(6)12-5/h2-4,10-11H,1H3. The van der Waals surface area contributed by atoms with Gasteiger partial charge in [0.1, 0.15) is 5.75 Å². The van der Waals surface area contributed by atoms with Gasteiger partial charge in [-0.15, -0.1) is 24.0 Å². The smallest absolute Gasteiger partial charge is 0.133 e. The fraction of sp³-hybridized carbons (Fsp3) is 0.111. The Morgan fingerprint density at radius 2 is 2.17 bits per heavy atom. The second-order valence-corrected chi connectivity index (χ2v) is 4.44. The largest absolute Gasteiger partial charge is 0.506 e. The van der Waals surface area contributed by atoms with Gasteiger partial charge in [0.15, 0.2) is 0 Å². The molecule has 0 aliphatic rings. The number of aromatic hydroxyl groups is 1. The van der Waals surface area contributed by atoms with E-state index in [4.69, 9.17) is 0 Å². The Morgan fingerprint density at radius 3 is 2.83 bits per heavy atom. The molecule has 0 aliphatic carbocycles. The maximum absolute atomic E-state index is 9.49. The molecule has 3 heteroatoms. The van der Waals surface area contributed by atoms with E-state index in [1.807, 2.05) is 19.1 Å². The van der Waals surface area contributed by atoms with Gasteiger partial charge < -0.3 is 5.11 Å². The molecule has 1 nitrogen and oxygen atoms in total. The van der Waals surface area contributed by atoms with Gasteiger partial charge in [-0.2, -0.15) is 0 Å². The fourth-order valence-electron chi connectivity index (χ4n) is 1.22. The summed E-state index contributed by atoms with van der Waals surface area (Å²) in [6.07, 6.45) is 0. The van der Waals surface area contributed by atoms with E-state index in [9.17, 15) is 5.11 Å². The zero-order valence-corrected chi connectivity index (χ0v) is 8.25. The van der Waals surface area contributed by atoms with Crippen LogP contribution in [0.4, 0.5) is 0 Å². The molecule has 62 valence electrons. The van der Waals surface area contributed by atoms with Crippen molar-refractivity contribution in [2.45, 2.75) is 11.8 Å². The van der Waals surface area contributed by atoms with Crippen molar-refractivity contribution >= 4 is 34.1 Å². The number of thiophene rings is 1. The van der Waals surface area contributed by atoms with E-state index < -0.39 is 0 Å². The molecule has 0 radical (unpaired) electrons. The molecule has 1 aromatic heterocycles. The van der Waals surface area contributed by atoms with Crippen molar-refractivity contribution in [3.63, 3.8) is 0 Å². The van der Waals surface area contributed by atoms with Gasteiger partial charge in [-0.1, -0.05) is 0 Å². The van der Waals surface area contributed by atoms with Crippen molar-refractivity contribution in [2.75, 3.05) is 0 Å². The Hall–Kier alpha value is -0.670. The molecular formula is C9H8OS2. The van der Waals surface area contributed by atoms with Crippen LogP contribution in [0.25, 0.3) is 10.1 Å². The molecule has 0 unspecified atom stereocenters. The highest BCUT2D eigenvalue weighted by Crippen LogP contribution is 2.35. The first-order chi connectivity index (χ1) is 5.68.